The molecule has 0 unspecified atom stereocenters. The van der Waals surface area contributed by atoms with E-state index in [0.717, 1.165) is 24.3 Å². The van der Waals surface area contributed by atoms with E-state index in [0.29, 0.717) is 0 Å². The van der Waals surface area contributed by atoms with E-state index >= 15 is 0 Å². The molecule has 1 aliphatic rings. The summed E-state index contributed by atoms with van der Waals surface area (Å²) in [5.41, 5.74) is 2.56. The van der Waals surface area contributed by atoms with Crippen molar-refractivity contribution in [3.8, 4) is 5.75 Å². The molecule has 0 radical (unpaired) electrons. The Morgan fingerprint density at radius 2 is 2.12 bits per heavy atom. The molecule has 2 nitrogen and oxygen atoms in total. The van der Waals surface area contributed by atoms with Crippen molar-refractivity contribution in [1.29, 1.82) is 0 Å². The zero-order valence-corrected chi connectivity index (χ0v) is 10.4. The van der Waals surface area contributed by atoms with Crippen LogP contribution in [0.4, 0.5) is 0 Å². The molecule has 16 heavy (non-hydrogen) atoms. The second-order valence-electron chi connectivity index (χ2n) is 4.96. The van der Waals surface area contributed by atoms with Crippen molar-refractivity contribution < 1.29 is 4.74 Å². The highest BCUT2D eigenvalue weighted by Crippen LogP contribution is 2.26. The molecule has 1 aliphatic carbocycles. The normalized spacial score (nSPS) is 23.9. The molecule has 1 N–H and O–H groups in total. The van der Waals surface area contributed by atoms with Crippen molar-refractivity contribution in [2.45, 2.75) is 39.3 Å². The fourth-order valence-electron chi connectivity index (χ4n) is 2.38. The van der Waals surface area contributed by atoms with Gasteiger partial charge in [-0.15, -0.1) is 0 Å². The Morgan fingerprint density at radius 3 is 2.69 bits per heavy atom. The molecule has 0 aliphatic heterocycles. The van der Waals surface area contributed by atoms with E-state index in [1.54, 1.807) is 7.11 Å². The lowest BCUT2D eigenvalue weighted by Gasteiger charge is -2.33. The van der Waals surface area contributed by atoms with Gasteiger partial charge in [0.05, 0.1) is 7.11 Å². The van der Waals surface area contributed by atoms with Crippen molar-refractivity contribution >= 4 is 0 Å². The lowest BCUT2D eigenvalue weighted by Crippen LogP contribution is -2.39. The quantitative estimate of drug-likeness (QED) is 0.840. The molecular weight excluding hydrogens is 198 g/mol. The Hall–Kier alpha value is -1.02. The lowest BCUT2D eigenvalue weighted by molar-refractivity contribution is 0.240. The van der Waals surface area contributed by atoms with Crippen LogP contribution < -0.4 is 10.1 Å². The van der Waals surface area contributed by atoms with Crippen molar-refractivity contribution in [1.82, 2.24) is 5.32 Å². The van der Waals surface area contributed by atoms with Crippen LogP contribution in [-0.4, -0.2) is 13.2 Å². The number of benzene rings is 1. The summed E-state index contributed by atoms with van der Waals surface area (Å²) in [6.45, 7) is 5.38. The van der Waals surface area contributed by atoms with Gasteiger partial charge < -0.3 is 10.1 Å². The van der Waals surface area contributed by atoms with Crippen LogP contribution in [0.15, 0.2) is 18.2 Å². The molecule has 2 rings (SSSR count). The summed E-state index contributed by atoms with van der Waals surface area (Å²) in [6.07, 6.45) is 2.66. The van der Waals surface area contributed by atoms with Crippen LogP contribution in [0.2, 0.25) is 0 Å². The van der Waals surface area contributed by atoms with E-state index < -0.39 is 0 Å². The first-order chi connectivity index (χ1) is 7.69. The van der Waals surface area contributed by atoms with Crippen LogP contribution in [0.5, 0.6) is 5.75 Å². The SMILES string of the molecule is COc1ccc(CNC2CC(C)C2)cc1C. The minimum atomic E-state index is 0.734. The van der Waals surface area contributed by atoms with Gasteiger partial charge in [-0.2, -0.15) is 0 Å². The zero-order valence-electron chi connectivity index (χ0n) is 10.4. The summed E-state index contributed by atoms with van der Waals surface area (Å²) in [5.74, 6) is 1.89. The Labute approximate surface area is 98.0 Å². The average molecular weight is 219 g/mol. The van der Waals surface area contributed by atoms with E-state index in [4.69, 9.17) is 4.74 Å². The molecule has 0 atom stereocenters. The van der Waals surface area contributed by atoms with E-state index in [1.807, 2.05) is 0 Å². The molecular formula is C14H21NO. The van der Waals surface area contributed by atoms with Crippen LogP contribution >= 0.6 is 0 Å². The monoisotopic (exact) mass is 219 g/mol. The number of aryl methyl sites for hydroxylation is 1. The third-order valence-electron chi connectivity index (χ3n) is 3.43. The van der Waals surface area contributed by atoms with Gasteiger partial charge in [0.1, 0.15) is 5.75 Å². The van der Waals surface area contributed by atoms with Crippen LogP contribution in [0.1, 0.15) is 30.9 Å². The van der Waals surface area contributed by atoms with Gasteiger partial charge in [-0.25, -0.2) is 0 Å². The van der Waals surface area contributed by atoms with Crippen LogP contribution in [0.3, 0.4) is 0 Å². The van der Waals surface area contributed by atoms with Crippen LogP contribution in [0, 0.1) is 12.8 Å². The maximum atomic E-state index is 5.25. The third-order valence-corrected chi connectivity index (χ3v) is 3.43. The van der Waals surface area contributed by atoms with E-state index in [9.17, 15) is 0 Å². The minimum Gasteiger partial charge on any atom is -0.496 e. The molecule has 0 bridgehead atoms. The van der Waals surface area contributed by atoms with Gasteiger partial charge >= 0.3 is 0 Å². The van der Waals surface area contributed by atoms with Crippen molar-refractivity contribution in [3.63, 3.8) is 0 Å². The highest BCUT2D eigenvalue weighted by Gasteiger charge is 2.24. The van der Waals surface area contributed by atoms with Gasteiger partial charge in [0, 0.05) is 12.6 Å². The predicted octanol–water partition coefficient (Wildman–Crippen LogP) is 2.89. The van der Waals surface area contributed by atoms with Crippen molar-refractivity contribution in [2.24, 2.45) is 5.92 Å². The molecule has 1 aromatic rings. The number of methoxy groups -OCH3 is 1. The Bertz CT molecular complexity index is 356. The van der Waals surface area contributed by atoms with Crippen LogP contribution in [0.25, 0.3) is 0 Å². The van der Waals surface area contributed by atoms with Gasteiger partial charge in [0.15, 0.2) is 0 Å². The predicted molar refractivity (Wildman–Crippen MR) is 66.8 cm³/mol. The number of ether oxygens (including phenoxy) is 1. The second-order valence-corrected chi connectivity index (χ2v) is 4.96. The minimum absolute atomic E-state index is 0.734. The maximum Gasteiger partial charge on any atom is 0.121 e. The molecule has 1 saturated carbocycles. The Kier molecular flexibility index (Phi) is 3.49. The standard InChI is InChI=1S/C14H21NO/c1-10-6-13(7-10)15-9-12-4-5-14(16-3)11(2)8-12/h4-5,8,10,13,15H,6-7,9H2,1-3H3. The summed E-state index contributed by atoms with van der Waals surface area (Å²) < 4.78 is 5.25. The van der Waals surface area contributed by atoms with Gasteiger partial charge in [-0.1, -0.05) is 19.1 Å². The van der Waals surface area contributed by atoms with Gasteiger partial charge in [0.25, 0.3) is 0 Å². The first kappa shape index (κ1) is 11.5. The number of rotatable bonds is 4. The molecule has 88 valence electrons. The summed E-state index contributed by atoms with van der Waals surface area (Å²) in [6, 6.07) is 7.13. The molecule has 2 heteroatoms. The number of hydrogen-bond acceptors (Lipinski definition) is 2. The molecule has 0 amide bonds. The molecule has 0 heterocycles. The number of hydrogen-bond donors (Lipinski definition) is 1. The summed E-state index contributed by atoms with van der Waals surface area (Å²) in [7, 11) is 1.72. The molecule has 1 fully saturated rings. The Balaban J connectivity index is 1.87. The molecule has 1 aromatic carbocycles. The second kappa shape index (κ2) is 4.88. The smallest absolute Gasteiger partial charge is 0.121 e. The van der Waals surface area contributed by atoms with Gasteiger partial charge in [0.2, 0.25) is 0 Å². The van der Waals surface area contributed by atoms with E-state index in [1.165, 1.54) is 24.0 Å². The molecule has 0 aromatic heterocycles. The highest BCUT2D eigenvalue weighted by molar-refractivity contribution is 5.36. The number of nitrogens with one attached hydrogen (secondary N) is 1. The van der Waals surface area contributed by atoms with Crippen LogP contribution in [-0.2, 0) is 6.54 Å². The highest BCUT2D eigenvalue weighted by atomic mass is 16.5. The summed E-state index contributed by atoms with van der Waals surface area (Å²) in [5, 5.41) is 3.59. The molecule has 0 spiro atoms. The molecule has 0 saturated heterocycles. The van der Waals surface area contributed by atoms with Gasteiger partial charge in [-0.05, 0) is 42.9 Å². The van der Waals surface area contributed by atoms with Crippen molar-refractivity contribution in [3.05, 3.63) is 29.3 Å². The van der Waals surface area contributed by atoms with E-state index in [2.05, 4.69) is 37.4 Å². The Morgan fingerprint density at radius 1 is 1.38 bits per heavy atom. The fraction of sp³-hybridized carbons (Fsp3) is 0.571. The fourth-order valence-corrected chi connectivity index (χ4v) is 2.38. The maximum absolute atomic E-state index is 5.25. The average Bonchev–Trinajstić information content (AvgIpc) is 2.23. The van der Waals surface area contributed by atoms with E-state index in [-0.39, 0.29) is 0 Å². The largest absolute Gasteiger partial charge is 0.496 e. The lowest BCUT2D eigenvalue weighted by atomic mass is 9.82. The van der Waals surface area contributed by atoms with Gasteiger partial charge in [-0.3, -0.25) is 0 Å². The van der Waals surface area contributed by atoms with Crippen molar-refractivity contribution in [2.75, 3.05) is 7.11 Å². The first-order valence-corrected chi connectivity index (χ1v) is 6.06. The summed E-state index contributed by atoms with van der Waals surface area (Å²) in [4.78, 5) is 0. The topological polar surface area (TPSA) is 21.3 Å². The first-order valence-electron chi connectivity index (χ1n) is 6.06. The zero-order chi connectivity index (χ0) is 11.5. The third kappa shape index (κ3) is 2.56. The summed E-state index contributed by atoms with van der Waals surface area (Å²) >= 11 is 0.